The molecule has 2 nitrogen and oxygen atoms in total. The molecule has 0 bridgehead atoms. The van der Waals surface area contributed by atoms with Crippen molar-refractivity contribution in [3.63, 3.8) is 0 Å². The third-order valence-corrected chi connectivity index (χ3v) is 3.49. The van der Waals surface area contributed by atoms with Crippen LogP contribution in [0, 0.1) is 5.92 Å². The van der Waals surface area contributed by atoms with Crippen LogP contribution in [0.1, 0.15) is 18.9 Å². The van der Waals surface area contributed by atoms with Crippen LogP contribution in [0.2, 0.25) is 0 Å². The van der Waals surface area contributed by atoms with Gasteiger partial charge < -0.3 is 9.47 Å². The van der Waals surface area contributed by atoms with E-state index >= 15 is 0 Å². The molecule has 1 rings (SSSR count). The fourth-order valence-corrected chi connectivity index (χ4v) is 1.98. The van der Waals surface area contributed by atoms with E-state index in [0.717, 1.165) is 24.1 Å². The van der Waals surface area contributed by atoms with Gasteiger partial charge in [-0.1, -0.05) is 41.4 Å². The highest BCUT2D eigenvalue weighted by Gasteiger charge is 2.04. The van der Waals surface area contributed by atoms with Crippen LogP contribution in [-0.4, -0.2) is 19.0 Å². The largest absolute Gasteiger partial charge is 0.497 e. The lowest BCUT2D eigenvalue weighted by molar-refractivity contribution is 0.0926. The van der Waals surface area contributed by atoms with Crippen molar-refractivity contribution >= 4 is 15.9 Å². The van der Waals surface area contributed by atoms with E-state index in [4.69, 9.17) is 9.47 Å². The summed E-state index contributed by atoms with van der Waals surface area (Å²) in [6.45, 7) is 3.67. The van der Waals surface area contributed by atoms with Crippen LogP contribution >= 0.6 is 15.9 Å². The van der Waals surface area contributed by atoms with Crippen molar-refractivity contribution in [2.75, 3.05) is 19.0 Å². The highest BCUT2D eigenvalue weighted by Crippen LogP contribution is 2.13. The van der Waals surface area contributed by atoms with E-state index < -0.39 is 0 Å². The highest BCUT2D eigenvalue weighted by molar-refractivity contribution is 9.09. The van der Waals surface area contributed by atoms with E-state index in [9.17, 15) is 0 Å². The normalized spacial score (nSPS) is 12.4. The maximum absolute atomic E-state index is 5.67. The Kier molecular flexibility index (Phi) is 6.50. The first kappa shape index (κ1) is 13.5. The minimum absolute atomic E-state index is 0.609. The van der Waals surface area contributed by atoms with Gasteiger partial charge in [-0.25, -0.2) is 0 Å². The Bertz CT molecular complexity index is 280. The van der Waals surface area contributed by atoms with Crippen LogP contribution in [0.5, 0.6) is 5.75 Å². The van der Waals surface area contributed by atoms with Gasteiger partial charge in [-0.3, -0.25) is 0 Å². The van der Waals surface area contributed by atoms with E-state index in [1.54, 1.807) is 7.11 Å². The van der Waals surface area contributed by atoms with Crippen LogP contribution in [0.4, 0.5) is 0 Å². The predicted octanol–water partition coefficient (Wildman–Crippen LogP) is 3.63. The Morgan fingerprint density at radius 3 is 2.44 bits per heavy atom. The van der Waals surface area contributed by atoms with Gasteiger partial charge in [0.25, 0.3) is 0 Å². The summed E-state index contributed by atoms with van der Waals surface area (Å²) in [5.74, 6) is 1.49. The summed E-state index contributed by atoms with van der Waals surface area (Å²) in [6, 6.07) is 7.99. The average molecular weight is 287 g/mol. The first-order valence-corrected chi connectivity index (χ1v) is 6.69. The minimum Gasteiger partial charge on any atom is -0.497 e. The molecule has 0 spiro atoms. The zero-order valence-corrected chi connectivity index (χ0v) is 11.5. The number of benzene rings is 1. The Morgan fingerprint density at radius 2 is 1.94 bits per heavy atom. The zero-order valence-electron chi connectivity index (χ0n) is 9.91. The van der Waals surface area contributed by atoms with Gasteiger partial charge in [-0.2, -0.15) is 0 Å². The molecule has 0 aliphatic rings. The summed E-state index contributed by atoms with van der Waals surface area (Å²) in [5.41, 5.74) is 1.19. The summed E-state index contributed by atoms with van der Waals surface area (Å²) in [7, 11) is 1.67. The number of halogens is 1. The molecule has 1 aromatic rings. The fraction of sp³-hybridized carbons (Fsp3) is 0.538. The van der Waals surface area contributed by atoms with Crippen LogP contribution in [0.15, 0.2) is 24.3 Å². The molecule has 0 aliphatic carbocycles. The van der Waals surface area contributed by atoms with Gasteiger partial charge >= 0.3 is 0 Å². The van der Waals surface area contributed by atoms with E-state index in [1.807, 2.05) is 24.3 Å². The van der Waals surface area contributed by atoms with Gasteiger partial charge in [-0.05, 0) is 23.6 Å². The SMILES string of the molecule is CCC(CBr)COCc1ccc(OC)cc1. The van der Waals surface area contributed by atoms with Gasteiger partial charge in [0, 0.05) is 5.33 Å². The first-order chi connectivity index (χ1) is 7.80. The van der Waals surface area contributed by atoms with Crippen molar-refractivity contribution in [2.45, 2.75) is 20.0 Å². The summed E-state index contributed by atoms with van der Waals surface area (Å²) in [5, 5.41) is 1.01. The van der Waals surface area contributed by atoms with Crippen LogP contribution in [0.3, 0.4) is 0 Å². The van der Waals surface area contributed by atoms with Crippen LogP contribution in [-0.2, 0) is 11.3 Å². The zero-order chi connectivity index (χ0) is 11.8. The van der Waals surface area contributed by atoms with Gasteiger partial charge in [0.05, 0.1) is 20.3 Å². The molecule has 0 aromatic heterocycles. The summed E-state index contributed by atoms with van der Waals surface area (Å²) in [6.07, 6.45) is 1.15. The standard InChI is InChI=1S/C13H19BrO2/c1-3-11(8-14)9-16-10-12-4-6-13(15-2)7-5-12/h4-7,11H,3,8-10H2,1-2H3. The minimum atomic E-state index is 0.609. The van der Waals surface area contributed by atoms with E-state index in [1.165, 1.54) is 5.56 Å². The maximum atomic E-state index is 5.67. The first-order valence-electron chi connectivity index (χ1n) is 5.56. The predicted molar refractivity (Wildman–Crippen MR) is 70.2 cm³/mol. The van der Waals surface area contributed by atoms with Crippen molar-refractivity contribution in [1.29, 1.82) is 0 Å². The van der Waals surface area contributed by atoms with E-state index in [0.29, 0.717) is 12.5 Å². The summed E-state index contributed by atoms with van der Waals surface area (Å²) in [4.78, 5) is 0. The van der Waals surface area contributed by atoms with E-state index in [-0.39, 0.29) is 0 Å². The lowest BCUT2D eigenvalue weighted by Crippen LogP contribution is -2.09. The van der Waals surface area contributed by atoms with Gasteiger partial charge in [0.1, 0.15) is 5.75 Å². The van der Waals surface area contributed by atoms with Gasteiger partial charge in [0.15, 0.2) is 0 Å². The third kappa shape index (κ3) is 4.54. The Balaban J connectivity index is 2.31. The third-order valence-electron chi connectivity index (χ3n) is 2.58. The lowest BCUT2D eigenvalue weighted by Gasteiger charge is -2.11. The van der Waals surface area contributed by atoms with Crippen molar-refractivity contribution in [1.82, 2.24) is 0 Å². The maximum Gasteiger partial charge on any atom is 0.118 e. The Hall–Kier alpha value is -0.540. The summed E-state index contributed by atoms with van der Waals surface area (Å²) < 4.78 is 10.8. The molecule has 0 aliphatic heterocycles. The summed E-state index contributed by atoms with van der Waals surface area (Å²) >= 11 is 3.48. The smallest absolute Gasteiger partial charge is 0.118 e. The molecule has 3 heteroatoms. The molecular formula is C13H19BrO2. The van der Waals surface area contributed by atoms with Crippen LogP contribution < -0.4 is 4.74 Å². The molecule has 0 amide bonds. The monoisotopic (exact) mass is 286 g/mol. The highest BCUT2D eigenvalue weighted by atomic mass is 79.9. The molecule has 0 saturated carbocycles. The van der Waals surface area contributed by atoms with Crippen molar-refractivity contribution in [3.8, 4) is 5.75 Å². The average Bonchev–Trinajstić information content (AvgIpc) is 2.35. The quantitative estimate of drug-likeness (QED) is 0.713. The second kappa shape index (κ2) is 7.69. The van der Waals surface area contributed by atoms with Crippen molar-refractivity contribution in [3.05, 3.63) is 29.8 Å². The number of hydrogen-bond acceptors (Lipinski definition) is 2. The molecule has 1 unspecified atom stereocenters. The lowest BCUT2D eigenvalue weighted by atomic mass is 10.1. The molecule has 90 valence electrons. The van der Waals surface area contributed by atoms with Gasteiger partial charge in [-0.15, -0.1) is 0 Å². The Morgan fingerprint density at radius 1 is 1.25 bits per heavy atom. The number of hydrogen-bond donors (Lipinski definition) is 0. The van der Waals surface area contributed by atoms with Crippen LogP contribution in [0.25, 0.3) is 0 Å². The second-order valence-corrected chi connectivity index (χ2v) is 4.44. The fourth-order valence-electron chi connectivity index (χ4n) is 1.34. The molecule has 16 heavy (non-hydrogen) atoms. The molecule has 0 saturated heterocycles. The molecule has 1 aromatic carbocycles. The van der Waals surface area contributed by atoms with Crippen molar-refractivity contribution < 1.29 is 9.47 Å². The number of methoxy groups -OCH3 is 1. The number of ether oxygens (including phenoxy) is 2. The van der Waals surface area contributed by atoms with Gasteiger partial charge in [0.2, 0.25) is 0 Å². The molecule has 0 N–H and O–H groups in total. The molecular weight excluding hydrogens is 268 g/mol. The number of rotatable bonds is 7. The number of alkyl halides is 1. The molecule has 0 fully saturated rings. The van der Waals surface area contributed by atoms with E-state index in [2.05, 4.69) is 22.9 Å². The van der Waals surface area contributed by atoms with Crippen molar-refractivity contribution in [2.24, 2.45) is 5.92 Å². The molecule has 1 atom stereocenters. The molecule has 0 radical (unpaired) electrons. The second-order valence-electron chi connectivity index (χ2n) is 3.79. The molecule has 0 heterocycles. The topological polar surface area (TPSA) is 18.5 Å². The Labute approximate surface area is 106 Å².